The number of amides is 2. The first-order valence-corrected chi connectivity index (χ1v) is 4.82. The molecule has 1 saturated heterocycles. The Balaban J connectivity index is 2.50. The third-order valence-electron chi connectivity index (χ3n) is 2.44. The van der Waals surface area contributed by atoms with Gasteiger partial charge in [-0.1, -0.05) is 12.2 Å². The number of likely N-dealkylation sites (tertiary alicyclic amines) is 1. The molecule has 1 fully saturated rings. The van der Waals surface area contributed by atoms with E-state index in [1.165, 1.54) is 5.57 Å². The first-order valence-electron chi connectivity index (χ1n) is 4.82. The zero-order valence-electron chi connectivity index (χ0n) is 8.55. The summed E-state index contributed by atoms with van der Waals surface area (Å²) in [6, 6.07) is 0.128. The zero-order valence-corrected chi connectivity index (χ0v) is 8.55. The predicted octanol–water partition coefficient (Wildman–Crippen LogP) is 1.71. The Hall–Kier alpha value is -0.990. The van der Waals surface area contributed by atoms with Gasteiger partial charge in [0.2, 0.25) is 0 Å². The zero-order chi connectivity index (χ0) is 9.84. The van der Waals surface area contributed by atoms with Crippen molar-refractivity contribution in [3.8, 4) is 0 Å². The number of rotatable bonds is 1. The summed E-state index contributed by atoms with van der Waals surface area (Å²) in [6.45, 7) is 8.28. The molecular formula is C10H18N2O. The minimum atomic E-state index is 0.128. The van der Waals surface area contributed by atoms with Crippen LogP contribution in [0.25, 0.3) is 0 Å². The van der Waals surface area contributed by atoms with E-state index in [1.54, 1.807) is 4.90 Å². The molecular weight excluding hydrogens is 164 g/mol. The second-order valence-corrected chi connectivity index (χ2v) is 3.57. The van der Waals surface area contributed by atoms with E-state index in [9.17, 15) is 4.79 Å². The van der Waals surface area contributed by atoms with E-state index in [1.807, 2.05) is 18.9 Å². The lowest BCUT2D eigenvalue weighted by Gasteiger charge is -2.31. The van der Waals surface area contributed by atoms with Crippen molar-refractivity contribution in [2.45, 2.75) is 19.8 Å². The van der Waals surface area contributed by atoms with Crippen molar-refractivity contribution < 1.29 is 4.79 Å². The van der Waals surface area contributed by atoms with E-state index < -0.39 is 0 Å². The molecule has 0 aromatic rings. The van der Waals surface area contributed by atoms with E-state index in [4.69, 9.17) is 0 Å². The summed E-state index contributed by atoms with van der Waals surface area (Å²) in [5.41, 5.74) is 1.17. The van der Waals surface area contributed by atoms with E-state index in [0.29, 0.717) is 0 Å². The fourth-order valence-corrected chi connectivity index (χ4v) is 1.49. The van der Waals surface area contributed by atoms with Gasteiger partial charge in [-0.2, -0.15) is 0 Å². The molecule has 3 heteroatoms. The van der Waals surface area contributed by atoms with Crippen LogP contribution in [-0.2, 0) is 0 Å². The Morgan fingerprint density at radius 3 is 2.92 bits per heavy atom. The molecule has 0 N–H and O–H groups in total. The van der Waals surface area contributed by atoms with E-state index in [-0.39, 0.29) is 6.03 Å². The van der Waals surface area contributed by atoms with Gasteiger partial charge in [0.1, 0.15) is 0 Å². The second-order valence-electron chi connectivity index (χ2n) is 3.57. The molecule has 1 aliphatic rings. The second kappa shape index (κ2) is 4.30. The van der Waals surface area contributed by atoms with Crippen LogP contribution in [0.3, 0.4) is 0 Å². The van der Waals surface area contributed by atoms with Crippen LogP contribution in [0, 0.1) is 0 Å². The third-order valence-corrected chi connectivity index (χ3v) is 2.44. The quantitative estimate of drug-likeness (QED) is 0.566. The van der Waals surface area contributed by atoms with Crippen LogP contribution in [0.1, 0.15) is 19.8 Å². The van der Waals surface area contributed by atoms with Gasteiger partial charge in [-0.15, -0.1) is 0 Å². The molecule has 0 saturated carbocycles. The maximum Gasteiger partial charge on any atom is 0.320 e. The molecule has 3 nitrogen and oxygen atoms in total. The summed E-state index contributed by atoms with van der Waals surface area (Å²) in [4.78, 5) is 15.3. The third kappa shape index (κ3) is 2.47. The Morgan fingerprint density at radius 1 is 1.69 bits per heavy atom. The normalized spacial score (nSPS) is 17.4. The molecule has 0 aliphatic carbocycles. The standard InChI is InChI=1S/C10H18N2O/c1-4-11(3)10(13)12-7-5-6-9(2)8-12/h2,4-8H2,1,3H3. The van der Waals surface area contributed by atoms with Crippen LogP contribution in [0.4, 0.5) is 4.79 Å². The lowest BCUT2D eigenvalue weighted by molar-refractivity contribution is 0.163. The van der Waals surface area contributed by atoms with E-state index in [0.717, 1.165) is 32.5 Å². The van der Waals surface area contributed by atoms with Crippen molar-refractivity contribution in [1.29, 1.82) is 0 Å². The van der Waals surface area contributed by atoms with Crippen molar-refractivity contribution in [3.63, 3.8) is 0 Å². The Labute approximate surface area is 80.0 Å². The highest BCUT2D eigenvalue weighted by atomic mass is 16.2. The molecule has 2 amide bonds. The van der Waals surface area contributed by atoms with Gasteiger partial charge in [0, 0.05) is 26.7 Å². The highest BCUT2D eigenvalue weighted by Crippen LogP contribution is 2.14. The summed E-state index contributed by atoms with van der Waals surface area (Å²) in [6.07, 6.45) is 2.13. The van der Waals surface area contributed by atoms with Crippen molar-refractivity contribution in [1.82, 2.24) is 9.80 Å². The lowest BCUT2D eigenvalue weighted by atomic mass is 10.1. The molecule has 0 aromatic carbocycles. The van der Waals surface area contributed by atoms with Crippen molar-refractivity contribution in [2.75, 3.05) is 26.7 Å². The van der Waals surface area contributed by atoms with Crippen LogP contribution in [0.2, 0.25) is 0 Å². The minimum absolute atomic E-state index is 0.128. The molecule has 0 bridgehead atoms. The minimum Gasteiger partial charge on any atom is -0.328 e. The van der Waals surface area contributed by atoms with Gasteiger partial charge in [0.25, 0.3) is 0 Å². The number of carbonyl (C=O) groups excluding carboxylic acids is 1. The van der Waals surface area contributed by atoms with Crippen molar-refractivity contribution >= 4 is 6.03 Å². The van der Waals surface area contributed by atoms with Gasteiger partial charge < -0.3 is 9.80 Å². The van der Waals surface area contributed by atoms with Gasteiger partial charge in [0.05, 0.1) is 0 Å². The van der Waals surface area contributed by atoms with Gasteiger partial charge in [0.15, 0.2) is 0 Å². The number of carbonyl (C=O) groups is 1. The van der Waals surface area contributed by atoms with Crippen LogP contribution in [-0.4, -0.2) is 42.5 Å². The lowest BCUT2D eigenvalue weighted by Crippen LogP contribution is -2.44. The highest BCUT2D eigenvalue weighted by Gasteiger charge is 2.20. The molecule has 13 heavy (non-hydrogen) atoms. The molecule has 1 heterocycles. The number of piperidine rings is 1. The van der Waals surface area contributed by atoms with Gasteiger partial charge >= 0.3 is 6.03 Å². The van der Waals surface area contributed by atoms with Gasteiger partial charge in [-0.3, -0.25) is 0 Å². The first kappa shape index (κ1) is 10.1. The molecule has 74 valence electrons. The maximum atomic E-state index is 11.7. The number of nitrogens with zero attached hydrogens (tertiary/aromatic N) is 2. The Morgan fingerprint density at radius 2 is 2.38 bits per heavy atom. The molecule has 0 radical (unpaired) electrons. The first-order chi connectivity index (χ1) is 6.15. The molecule has 0 atom stereocenters. The summed E-state index contributed by atoms with van der Waals surface area (Å²) in [7, 11) is 1.83. The Bertz CT molecular complexity index is 213. The fraction of sp³-hybridized carbons (Fsp3) is 0.700. The van der Waals surface area contributed by atoms with Crippen LogP contribution < -0.4 is 0 Å². The summed E-state index contributed by atoms with van der Waals surface area (Å²) >= 11 is 0. The van der Waals surface area contributed by atoms with Crippen LogP contribution >= 0.6 is 0 Å². The topological polar surface area (TPSA) is 23.6 Å². The summed E-state index contributed by atoms with van der Waals surface area (Å²) in [5, 5.41) is 0. The smallest absolute Gasteiger partial charge is 0.320 e. The fourth-order valence-electron chi connectivity index (χ4n) is 1.49. The molecule has 0 unspecified atom stereocenters. The van der Waals surface area contributed by atoms with Gasteiger partial charge in [-0.05, 0) is 19.8 Å². The molecule has 1 aliphatic heterocycles. The molecule has 0 aromatic heterocycles. The average molecular weight is 182 g/mol. The van der Waals surface area contributed by atoms with Crippen molar-refractivity contribution in [3.05, 3.63) is 12.2 Å². The van der Waals surface area contributed by atoms with Crippen LogP contribution in [0.5, 0.6) is 0 Å². The largest absolute Gasteiger partial charge is 0.328 e. The summed E-state index contributed by atoms with van der Waals surface area (Å²) < 4.78 is 0. The number of hydrogen-bond acceptors (Lipinski definition) is 1. The highest BCUT2D eigenvalue weighted by molar-refractivity contribution is 5.74. The SMILES string of the molecule is C=C1CCCN(C(=O)N(C)CC)C1. The Kier molecular flexibility index (Phi) is 3.34. The van der Waals surface area contributed by atoms with Crippen LogP contribution in [0.15, 0.2) is 12.2 Å². The maximum absolute atomic E-state index is 11.7. The summed E-state index contributed by atoms with van der Waals surface area (Å²) in [5.74, 6) is 0. The monoisotopic (exact) mass is 182 g/mol. The average Bonchev–Trinajstić information content (AvgIpc) is 2.15. The number of urea groups is 1. The molecule has 1 rings (SSSR count). The van der Waals surface area contributed by atoms with Crippen molar-refractivity contribution in [2.24, 2.45) is 0 Å². The molecule has 0 spiro atoms. The van der Waals surface area contributed by atoms with E-state index >= 15 is 0 Å². The van der Waals surface area contributed by atoms with E-state index in [2.05, 4.69) is 6.58 Å². The van der Waals surface area contributed by atoms with Gasteiger partial charge in [-0.25, -0.2) is 4.79 Å². The number of hydrogen-bond donors (Lipinski definition) is 0. The predicted molar refractivity (Wildman–Crippen MR) is 53.6 cm³/mol.